The molecule has 0 aliphatic heterocycles. The molecule has 0 aromatic rings. The Hall–Kier alpha value is -1.67. The molecule has 2 amide bonds. The predicted octanol–water partition coefficient (Wildman–Crippen LogP) is -1.57. The van der Waals surface area contributed by atoms with Crippen LogP contribution in [0.3, 0.4) is 0 Å². The monoisotopic (exact) mass is 289 g/mol. The highest BCUT2D eigenvalue weighted by Crippen LogP contribution is 2.08. The molecule has 20 heavy (non-hydrogen) atoms. The van der Waals surface area contributed by atoms with E-state index in [1.807, 2.05) is 0 Å². The molecule has 0 bridgehead atoms. The average molecular weight is 289 g/mol. The molecule has 8 heteroatoms. The van der Waals surface area contributed by atoms with E-state index in [-0.39, 0.29) is 5.92 Å². The second-order valence-electron chi connectivity index (χ2n) is 4.74. The van der Waals surface area contributed by atoms with Crippen molar-refractivity contribution in [2.24, 2.45) is 11.7 Å². The van der Waals surface area contributed by atoms with E-state index in [1.165, 1.54) is 6.92 Å². The van der Waals surface area contributed by atoms with Crippen molar-refractivity contribution in [1.29, 1.82) is 0 Å². The summed E-state index contributed by atoms with van der Waals surface area (Å²) in [5.41, 5.74) is 5.34. The number of aliphatic hydroxyl groups excluding tert-OH is 1. The standard InChI is InChI=1S/C12H23N3O5/c1-4-6(2)9(12(19)20)15-11(18)8(5-16)14-10(17)7(3)13/h6-9,16H,4-5,13H2,1-3H3,(H,14,17)(H,15,18)(H,19,20). The van der Waals surface area contributed by atoms with Crippen LogP contribution in [-0.4, -0.2) is 52.7 Å². The summed E-state index contributed by atoms with van der Waals surface area (Å²) in [6.45, 7) is 4.28. The third-order valence-electron chi connectivity index (χ3n) is 3.01. The molecule has 0 aromatic heterocycles. The second-order valence-corrected chi connectivity index (χ2v) is 4.74. The Morgan fingerprint density at radius 2 is 1.70 bits per heavy atom. The minimum Gasteiger partial charge on any atom is -0.480 e. The van der Waals surface area contributed by atoms with E-state index in [9.17, 15) is 14.4 Å². The number of carboxylic acid groups (broad SMARTS) is 1. The van der Waals surface area contributed by atoms with Crippen molar-refractivity contribution >= 4 is 17.8 Å². The molecule has 0 rings (SSSR count). The molecular formula is C12H23N3O5. The van der Waals surface area contributed by atoms with Crippen molar-refractivity contribution in [2.75, 3.05) is 6.61 Å². The number of hydrogen-bond acceptors (Lipinski definition) is 5. The Labute approximate surface area is 117 Å². The van der Waals surface area contributed by atoms with Crippen LogP contribution in [0.5, 0.6) is 0 Å². The lowest BCUT2D eigenvalue weighted by Crippen LogP contribution is -2.56. The lowest BCUT2D eigenvalue weighted by molar-refractivity contribution is -0.144. The lowest BCUT2D eigenvalue weighted by atomic mass is 9.99. The van der Waals surface area contributed by atoms with Crippen molar-refractivity contribution in [3.05, 3.63) is 0 Å². The molecule has 4 atom stereocenters. The molecular weight excluding hydrogens is 266 g/mol. The van der Waals surface area contributed by atoms with Crippen LogP contribution in [0.1, 0.15) is 27.2 Å². The summed E-state index contributed by atoms with van der Waals surface area (Å²) in [4.78, 5) is 34.4. The van der Waals surface area contributed by atoms with Crippen LogP contribution in [0, 0.1) is 5.92 Å². The summed E-state index contributed by atoms with van der Waals surface area (Å²) in [6.07, 6.45) is 0.563. The van der Waals surface area contributed by atoms with E-state index in [2.05, 4.69) is 10.6 Å². The Morgan fingerprint density at radius 1 is 1.15 bits per heavy atom. The van der Waals surface area contributed by atoms with Crippen LogP contribution < -0.4 is 16.4 Å². The van der Waals surface area contributed by atoms with Crippen molar-refractivity contribution in [1.82, 2.24) is 10.6 Å². The molecule has 0 spiro atoms. The molecule has 0 heterocycles. The fourth-order valence-electron chi connectivity index (χ4n) is 1.43. The number of aliphatic hydroxyl groups is 1. The van der Waals surface area contributed by atoms with Crippen molar-refractivity contribution in [3.8, 4) is 0 Å². The molecule has 0 saturated carbocycles. The van der Waals surface area contributed by atoms with Gasteiger partial charge in [0.1, 0.15) is 12.1 Å². The maximum atomic E-state index is 11.9. The fraction of sp³-hybridized carbons (Fsp3) is 0.750. The van der Waals surface area contributed by atoms with Crippen LogP contribution in [0.2, 0.25) is 0 Å². The van der Waals surface area contributed by atoms with Gasteiger partial charge in [-0.25, -0.2) is 4.79 Å². The van der Waals surface area contributed by atoms with Gasteiger partial charge >= 0.3 is 5.97 Å². The minimum atomic E-state index is -1.22. The highest BCUT2D eigenvalue weighted by atomic mass is 16.4. The Morgan fingerprint density at radius 3 is 2.05 bits per heavy atom. The first kappa shape index (κ1) is 18.3. The molecule has 6 N–H and O–H groups in total. The predicted molar refractivity (Wildman–Crippen MR) is 71.7 cm³/mol. The zero-order valence-corrected chi connectivity index (χ0v) is 11.9. The Bertz CT molecular complexity index is 359. The Kier molecular flexibility index (Phi) is 7.78. The number of hydrogen-bond donors (Lipinski definition) is 5. The van der Waals surface area contributed by atoms with Crippen LogP contribution >= 0.6 is 0 Å². The zero-order chi connectivity index (χ0) is 15.9. The van der Waals surface area contributed by atoms with Crippen LogP contribution in [0.25, 0.3) is 0 Å². The number of aliphatic carboxylic acids is 1. The van der Waals surface area contributed by atoms with Crippen LogP contribution in [-0.2, 0) is 14.4 Å². The summed E-state index contributed by atoms with van der Waals surface area (Å²) in [5, 5.41) is 22.7. The summed E-state index contributed by atoms with van der Waals surface area (Å²) >= 11 is 0. The van der Waals surface area contributed by atoms with Gasteiger partial charge in [-0.2, -0.15) is 0 Å². The van der Waals surface area contributed by atoms with Gasteiger partial charge in [0.2, 0.25) is 11.8 Å². The van der Waals surface area contributed by atoms with Crippen LogP contribution in [0.15, 0.2) is 0 Å². The quantitative estimate of drug-likeness (QED) is 0.365. The van der Waals surface area contributed by atoms with Gasteiger partial charge in [0.25, 0.3) is 0 Å². The average Bonchev–Trinajstić information content (AvgIpc) is 2.39. The summed E-state index contributed by atoms with van der Waals surface area (Å²) < 4.78 is 0. The smallest absolute Gasteiger partial charge is 0.326 e. The van der Waals surface area contributed by atoms with Gasteiger partial charge in [-0.15, -0.1) is 0 Å². The van der Waals surface area contributed by atoms with E-state index >= 15 is 0 Å². The molecule has 0 fully saturated rings. The minimum absolute atomic E-state index is 0.278. The molecule has 4 unspecified atom stereocenters. The van der Waals surface area contributed by atoms with Gasteiger partial charge < -0.3 is 26.6 Å². The van der Waals surface area contributed by atoms with Gasteiger partial charge in [-0.3, -0.25) is 9.59 Å². The first-order valence-corrected chi connectivity index (χ1v) is 6.44. The number of amides is 2. The number of nitrogens with two attached hydrogens (primary N) is 1. The number of carboxylic acids is 1. The lowest BCUT2D eigenvalue weighted by Gasteiger charge is -2.23. The number of rotatable bonds is 8. The maximum Gasteiger partial charge on any atom is 0.326 e. The highest BCUT2D eigenvalue weighted by Gasteiger charge is 2.29. The largest absolute Gasteiger partial charge is 0.480 e. The second kappa shape index (κ2) is 8.49. The molecule has 0 saturated heterocycles. The van der Waals surface area contributed by atoms with E-state index in [1.54, 1.807) is 13.8 Å². The summed E-state index contributed by atoms with van der Waals surface area (Å²) in [5.74, 6) is -2.80. The van der Waals surface area contributed by atoms with E-state index in [0.29, 0.717) is 6.42 Å². The molecule has 0 aliphatic rings. The van der Waals surface area contributed by atoms with Crippen molar-refractivity contribution < 1.29 is 24.6 Å². The third-order valence-corrected chi connectivity index (χ3v) is 3.01. The van der Waals surface area contributed by atoms with Gasteiger partial charge in [0.05, 0.1) is 12.6 Å². The number of carbonyl (C=O) groups excluding carboxylic acids is 2. The normalized spacial score (nSPS) is 16.6. The molecule has 0 aromatic carbocycles. The SMILES string of the molecule is CCC(C)C(NC(=O)C(CO)NC(=O)C(C)N)C(=O)O. The first-order valence-electron chi connectivity index (χ1n) is 6.44. The van der Waals surface area contributed by atoms with Crippen molar-refractivity contribution in [3.63, 3.8) is 0 Å². The van der Waals surface area contributed by atoms with Gasteiger partial charge in [0, 0.05) is 0 Å². The first-order chi connectivity index (χ1) is 9.24. The third kappa shape index (κ3) is 5.54. The summed E-state index contributed by atoms with van der Waals surface area (Å²) in [7, 11) is 0. The van der Waals surface area contributed by atoms with E-state index < -0.39 is 42.5 Å². The van der Waals surface area contributed by atoms with E-state index in [0.717, 1.165) is 0 Å². The van der Waals surface area contributed by atoms with Crippen molar-refractivity contribution in [2.45, 2.75) is 45.3 Å². The number of nitrogens with one attached hydrogen (secondary N) is 2. The topological polar surface area (TPSA) is 142 Å². The Balaban J connectivity index is 4.75. The molecule has 0 radical (unpaired) electrons. The van der Waals surface area contributed by atoms with Crippen LogP contribution in [0.4, 0.5) is 0 Å². The van der Waals surface area contributed by atoms with Gasteiger partial charge in [-0.05, 0) is 12.8 Å². The maximum absolute atomic E-state index is 11.9. The molecule has 0 aliphatic carbocycles. The highest BCUT2D eigenvalue weighted by molar-refractivity contribution is 5.91. The zero-order valence-electron chi connectivity index (χ0n) is 11.9. The molecule has 116 valence electrons. The van der Waals surface area contributed by atoms with Gasteiger partial charge in [-0.1, -0.05) is 20.3 Å². The van der Waals surface area contributed by atoms with Gasteiger partial charge in [0.15, 0.2) is 0 Å². The fourth-order valence-corrected chi connectivity index (χ4v) is 1.43. The number of carbonyl (C=O) groups is 3. The molecule has 8 nitrogen and oxygen atoms in total. The summed E-state index contributed by atoms with van der Waals surface area (Å²) in [6, 6.07) is -3.13. The van der Waals surface area contributed by atoms with E-state index in [4.69, 9.17) is 15.9 Å².